The first-order valence-corrected chi connectivity index (χ1v) is 10.9. The van der Waals surface area contributed by atoms with E-state index in [9.17, 15) is 13.2 Å². The van der Waals surface area contributed by atoms with E-state index < -0.39 is 16.0 Å². The quantitative estimate of drug-likeness (QED) is 0.329. The van der Waals surface area contributed by atoms with Crippen molar-refractivity contribution in [1.82, 2.24) is 5.43 Å². The van der Waals surface area contributed by atoms with Crippen LogP contribution in [0.1, 0.15) is 16.7 Å². The molecule has 3 aromatic rings. The van der Waals surface area contributed by atoms with Crippen LogP contribution in [-0.4, -0.2) is 27.1 Å². The summed E-state index contributed by atoms with van der Waals surface area (Å²) in [5.41, 5.74) is 4.92. The minimum Gasteiger partial charge on any atom is -0.483 e. The highest BCUT2D eigenvalue weighted by Crippen LogP contribution is 2.19. The van der Waals surface area contributed by atoms with E-state index in [0.29, 0.717) is 11.3 Å². The fourth-order valence-electron chi connectivity index (χ4n) is 2.56. The van der Waals surface area contributed by atoms with Gasteiger partial charge in [-0.2, -0.15) is 13.5 Å². The Kier molecular flexibility index (Phi) is 7.04. The van der Waals surface area contributed by atoms with Crippen LogP contribution in [0.2, 0.25) is 0 Å². The van der Waals surface area contributed by atoms with Gasteiger partial charge < -0.3 is 8.92 Å². The van der Waals surface area contributed by atoms with Crippen molar-refractivity contribution in [3.63, 3.8) is 0 Å². The molecule has 7 nitrogen and oxygen atoms in total. The number of rotatable bonds is 8. The smallest absolute Gasteiger partial charge is 0.339 e. The molecule has 0 saturated carbocycles. The summed E-state index contributed by atoms with van der Waals surface area (Å²) in [6.45, 7) is 3.60. The van der Waals surface area contributed by atoms with E-state index in [-0.39, 0.29) is 17.3 Å². The maximum atomic E-state index is 12.3. The minimum absolute atomic E-state index is 0.0827. The number of hydrogen-bond donors (Lipinski definition) is 1. The molecule has 160 valence electrons. The molecule has 0 spiro atoms. The standard InChI is InChI=1S/C23H22N2O5S/c1-17-7-13-21(14-8-17)31(27,28)30-20-11-9-19(10-12-20)15-24-25-23(26)16-29-22-6-4-3-5-18(22)2/h3-15H,16H2,1-2H3,(H,25,26)/b24-15+. The van der Waals surface area contributed by atoms with Gasteiger partial charge in [-0.1, -0.05) is 35.9 Å². The van der Waals surface area contributed by atoms with Crippen molar-refractivity contribution in [3.8, 4) is 11.5 Å². The third-order valence-electron chi connectivity index (χ3n) is 4.25. The fourth-order valence-corrected chi connectivity index (χ4v) is 3.49. The van der Waals surface area contributed by atoms with Crippen LogP contribution >= 0.6 is 0 Å². The summed E-state index contributed by atoms with van der Waals surface area (Å²) in [5.74, 6) is 0.412. The highest BCUT2D eigenvalue weighted by atomic mass is 32.2. The minimum atomic E-state index is -3.91. The van der Waals surface area contributed by atoms with Crippen LogP contribution in [0.25, 0.3) is 0 Å². The number of aryl methyl sites for hydroxylation is 2. The van der Waals surface area contributed by atoms with Gasteiger partial charge in [-0.15, -0.1) is 0 Å². The molecular formula is C23H22N2O5S. The molecular weight excluding hydrogens is 416 g/mol. The first kappa shape index (κ1) is 22.0. The van der Waals surface area contributed by atoms with Crippen molar-refractivity contribution >= 4 is 22.2 Å². The number of carbonyl (C=O) groups excluding carboxylic acids is 1. The molecule has 0 aliphatic heterocycles. The molecule has 3 aromatic carbocycles. The highest BCUT2D eigenvalue weighted by molar-refractivity contribution is 7.87. The second-order valence-electron chi connectivity index (χ2n) is 6.77. The zero-order chi connectivity index (χ0) is 22.3. The molecule has 0 bridgehead atoms. The fraction of sp³-hybridized carbons (Fsp3) is 0.130. The molecule has 0 aliphatic rings. The normalized spacial score (nSPS) is 11.3. The lowest BCUT2D eigenvalue weighted by molar-refractivity contribution is -0.123. The van der Waals surface area contributed by atoms with Gasteiger partial charge in [0, 0.05) is 0 Å². The molecule has 1 amide bonds. The van der Waals surface area contributed by atoms with Gasteiger partial charge in [0.2, 0.25) is 0 Å². The van der Waals surface area contributed by atoms with Crippen molar-refractivity contribution in [2.24, 2.45) is 5.10 Å². The molecule has 3 rings (SSSR count). The van der Waals surface area contributed by atoms with Gasteiger partial charge in [0.15, 0.2) is 6.61 Å². The molecule has 0 radical (unpaired) electrons. The zero-order valence-electron chi connectivity index (χ0n) is 17.1. The van der Waals surface area contributed by atoms with Crippen LogP contribution in [0.5, 0.6) is 11.5 Å². The first-order chi connectivity index (χ1) is 14.8. The summed E-state index contributed by atoms with van der Waals surface area (Å²) in [6, 6.07) is 20.1. The Hall–Kier alpha value is -3.65. The number of benzene rings is 3. The number of hydrazone groups is 1. The highest BCUT2D eigenvalue weighted by Gasteiger charge is 2.16. The summed E-state index contributed by atoms with van der Waals surface area (Å²) < 4.78 is 35.2. The van der Waals surface area contributed by atoms with Gasteiger partial charge >= 0.3 is 10.1 Å². The second kappa shape index (κ2) is 9.90. The Morgan fingerprint density at radius 3 is 2.32 bits per heavy atom. The lowest BCUT2D eigenvalue weighted by Crippen LogP contribution is -2.24. The number of nitrogens with one attached hydrogen (secondary N) is 1. The van der Waals surface area contributed by atoms with Crippen LogP contribution in [0, 0.1) is 13.8 Å². The van der Waals surface area contributed by atoms with E-state index in [2.05, 4.69) is 10.5 Å². The van der Waals surface area contributed by atoms with Crippen LogP contribution in [0.3, 0.4) is 0 Å². The number of nitrogens with zero attached hydrogens (tertiary/aromatic N) is 1. The summed E-state index contributed by atoms with van der Waals surface area (Å²) in [4.78, 5) is 11.9. The number of ether oxygens (including phenoxy) is 1. The maximum Gasteiger partial charge on any atom is 0.339 e. The molecule has 0 saturated heterocycles. The molecule has 0 fully saturated rings. The predicted molar refractivity (Wildman–Crippen MR) is 118 cm³/mol. The average Bonchev–Trinajstić information content (AvgIpc) is 2.74. The van der Waals surface area contributed by atoms with Crippen LogP contribution in [0.15, 0.2) is 82.8 Å². The molecule has 8 heteroatoms. The number of para-hydroxylation sites is 1. The van der Waals surface area contributed by atoms with E-state index in [0.717, 1.165) is 11.1 Å². The Balaban J connectivity index is 1.51. The Labute approximate surface area is 181 Å². The van der Waals surface area contributed by atoms with E-state index in [1.54, 1.807) is 30.3 Å². The summed E-state index contributed by atoms with van der Waals surface area (Å²) in [5, 5.41) is 3.87. The molecule has 31 heavy (non-hydrogen) atoms. The van der Waals surface area contributed by atoms with Crippen molar-refractivity contribution in [2.45, 2.75) is 18.7 Å². The van der Waals surface area contributed by atoms with E-state index >= 15 is 0 Å². The van der Waals surface area contributed by atoms with Gasteiger partial charge in [-0.3, -0.25) is 4.79 Å². The van der Waals surface area contributed by atoms with Gasteiger partial charge in [0.05, 0.1) is 6.21 Å². The van der Waals surface area contributed by atoms with Crippen LogP contribution in [0.4, 0.5) is 0 Å². The second-order valence-corrected chi connectivity index (χ2v) is 8.31. The van der Waals surface area contributed by atoms with Gasteiger partial charge in [-0.25, -0.2) is 5.43 Å². The van der Waals surface area contributed by atoms with Gasteiger partial charge in [0.1, 0.15) is 16.4 Å². The van der Waals surface area contributed by atoms with Crippen molar-refractivity contribution in [3.05, 3.63) is 89.5 Å². The Morgan fingerprint density at radius 2 is 1.65 bits per heavy atom. The van der Waals surface area contributed by atoms with Crippen LogP contribution < -0.4 is 14.3 Å². The topological polar surface area (TPSA) is 94.1 Å². The third-order valence-corrected chi connectivity index (χ3v) is 5.51. The van der Waals surface area contributed by atoms with E-state index in [1.165, 1.54) is 30.5 Å². The number of hydrogen-bond acceptors (Lipinski definition) is 6. The molecule has 0 aliphatic carbocycles. The van der Waals surface area contributed by atoms with Crippen molar-refractivity contribution < 1.29 is 22.1 Å². The molecule has 0 heterocycles. The molecule has 0 atom stereocenters. The summed E-state index contributed by atoms with van der Waals surface area (Å²) in [6.07, 6.45) is 1.43. The van der Waals surface area contributed by atoms with Crippen LogP contribution in [-0.2, 0) is 14.9 Å². The third kappa shape index (κ3) is 6.42. The SMILES string of the molecule is Cc1ccc(S(=O)(=O)Oc2ccc(/C=N/NC(=O)COc3ccccc3C)cc2)cc1. The maximum absolute atomic E-state index is 12.3. The van der Waals surface area contributed by atoms with E-state index in [1.807, 2.05) is 32.0 Å². The number of amides is 1. The monoisotopic (exact) mass is 438 g/mol. The first-order valence-electron chi connectivity index (χ1n) is 9.45. The van der Waals surface area contributed by atoms with Crippen molar-refractivity contribution in [1.29, 1.82) is 0 Å². The van der Waals surface area contributed by atoms with Gasteiger partial charge in [-0.05, 0) is 67.4 Å². The largest absolute Gasteiger partial charge is 0.483 e. The summed E-state index contributed by atoms with van der Waals surface area (Å²) >= 11 is 0. The van der Waals surface area contributed by atoms with E-state index in [4.69, 9.17) is 8.92 Å². The predicted octanol–water partition coefficient (Wildman–Crippen LogP) is 3.60. The van der Waals surface area contributed by atoms with Gasteiger partial charge in [0.25, 0.3) is 5.91 Å². The number of carbonyl (C=O) groups is 1. The molecule has 0 aromatic heterocycles. The molecule has 1 N–H and O–H groups in total. The Morgan fingerprint density at radius 1 is 0.968 bits per heavy atom. The molecule has 0 unspecified atom stereocenters. The average molecular weight is 439 g/mol. The van der Waals surface area contributed by atoms with Crippen molar-refractivity contribution in [2.75, 3.05) is 6.61 Å². The summed E-state index contributed by atoms with van der Waals surface area (Å²) in [7, 11) is -3.91. The lowest BCUT2D eigenvalue weighted by atomic mass is 10.2. The zero-order valence-corrected chi connectivity index (χ0v) is 17.9. The Bertz CT molecular complexity index is 1170. The lowest BCUT2D eigenvalue weighted by Gasteiger charge is -2.08.